The van der Waals surface area contributed by atoms with E-state index in [2.05, 4.69) is 54.1 Å². The number of likely N-dealkylation sites (tertiary alicyclic amines) is 1. The van der Waals surface area contributed by atoms with Crippen LogP contribution in [0, 0.1) is 11.8 Å². The van der Waals surface area contributed by atoms with Crippen molar-refractivity contribution in [2.75, 3.05) is 20.1 Å². The van der Waals surface area contributed by atoms with E-state index >= 15 is 0 Å². The summed E-state index contributed by atoms with van der Waals surface area (Å²) in [5, 5.41) is 0. The Bertz CT molecular complexity index is 825. The zero-order valence-electron chi connectivity index (χ0n) is 15.3. The fourth-order valence-corrected chi connectivity index (χ4v) is 5.12. The molecule has 3 heteroatoms. The first-order valence-electron chi connectivity index (χ1n) is 9.77. The minimum Gasteiger partial charge on any atom is -0.314 e. The molecule has 0 saturated carbocycles. The summed E-state index contributed by atoms with van der Waals surface area (Å²) in [6.07, 6.45) is 15.3. The number of rotatable bonds is 1. The van der Waals surface area contributed by atoms with E-state index in [-0.39, 0.29) is 0 Å². The lowest BCUT2D eigenvalue weighted by Crippen LogP contribution is -2.34. The highest BCUT2D eigenvalue weighted by molar-refractivity contribution is 6.12. The van der Waals surface area contributed by atoms with Gasteiger partial charge in [0.15, 0.2) is 0 Å². The molecular weight excluding hydrogens is 306 g/mol. The van der Waals surface area contributed by atoms with Crippen LogP contribution in [0.3, 0.4) is 0 Å². The van der Waals surface area contributed by atoms with Crippen LogP contribution in [0.25, 0.3) is 11.3 Å². The second-order valence-electron chi connectivity index (χ2n) is 8.12. The largest absolute Gasteiger partial charge is 0.314 e. The number of aliphatic imine (C=N–C) groups is 1. The van der Waals surface area contributed by atoms with E-state index in [9.17, 15) is 0 Å². The Morgan fingerprint density at radius 2 is 2.00 bits per heavy atom. The lowest BCUT2D eigenvalue weighted by atomic mass is 9.77. The van der Waals surface area contributed by atoms with Crippen molar-refractivity contribution in [2.24, 2.45) is 16.8 Å². The number of aryl methyl sites for hydroxylation is 1. The topological polar surface area (TPSA) is 20.5 Å². The molecule has 0 spiro atoms. The first kappa shape index (κ1) is 15.4. The van der Waals surface area contributed by atoms with Crippen molar-refractivity contribution < 1.29 is 0 Å². The van der Waals surface area contributed by atoms with Crippen LogP contribution in [0.15, 0.2) is 40.7 Å². The maximum atomic E-state index is 5.10. The minimum atomic E-state index is 0.572. The number of aromatic nitrogens is 1. The highest BCUT2D eigenvalue weighted by Gasteiger charge is 2.34. The van der Waals surface area contributed by atoms with Crippen LogP contribution in [0.1, 0.15) is 43.9 Å². The van der Waals surface area contributed by atoms with Crippen LogP contribution in [-0.4, -0.2) is 35.8 Å². The van der Waals surface area contributed by atoms with Gasteiger partial charge in [0, 0.05) is 23.9 Å². The number of piperidine rings is 1. The molecule has 130 valence electrons. The summed E-state index contributed by atoms with van der Waals surface area (Å²) in [5.74, 6) is 1.33. The Morgan fingerprint density at radius 1 is 1.16 bits per heavy atom. The molecule has 1 unspecified atom stereocenters. The molecule has 0 bridgehead atoms. The fraction of sp³-hybridized carbons (Fsp3) is 0.500. The van der Waals surface area contributed by atoms with Gasteiger partial charge in [-0.25, -0.2) is 0 Å². The molecule has 0 aromatic carbocycles. The van der Waals surface area contributed by atoms with Gasteiger partial charge in [0.2, 0.25) is 0 Å². The molecule has 0 amide bonds. The van der Waals surface area contributed by atoms with E-state index in [4.69, 9.17) is 4.99 Å². The Labute approximate surface area is 150 Å². The third-order valence-corrected chi connectivity index (χ3v) is 6.58. The molecule has 2 aliphatic carbocycles. The van der Waals surface area contributed by atoms with Crippen molar-refractivity contribution in [3.8, 4) is 0 Å². The van der Waals surface area contributed by atoms with E-state index in [0.717, 1.165) is 25.2 Å². The Morgan fingerprint density at radius 3 is 2.84 bits per heavy atom. The molecule has 1 aromatic heterocycles. The molecular formula is C22H27N3. The van der Waals surface area contributed by atoms with E-state index in [0.29, 0.717) is 5.92 Å². The van der Waals surface area contributed by atoms with E-state index in [1.807, 2.05) is 0 Å². The maximum absolute atomic E-state index is 5.10. The average Bonchev–Trinajstić information content (AvgIpc) is 2.97. The molecule has 0 N–H and O–H groups in total. The smallest absolute Gasteiger partial charge is 0.0700 e. The predicted molar refractivity (Wildman–Crippen MR) is 105 cm³/mol. The highest BCUT2D eigenvalue weighted by Crippen LogP contribution is 2.44. The highest BCUT2D eigenvalue weighted by atomic mass is 15.1. The number of hydrogen-bond donors (Lipinski definition) is 0. The monoisotopic (exact) mass is 333 g/mol. The molecule has 1 fully saturated rings. The van der Waals surface area contributed by atoms with Crippen molar-refractivity contribution in [3.63, 3.8) is 0 Å². The van der Waals surface area contributed by atoms with E-state index in [1.165, 1.54) is 59.7 Å². The number of allylic oxidation sites excluding steroid dienone is 6. The summed E-state index contributed by atoms with van der Waals surface area (Å²) in [6.45, 7) is 4.71. The second kappa shape index (κ2) is 5.84. The van der Waals surface area contributed by atoms with Crippen LogP contribution in [0.4, 0.5) is 0 Å². The van der Waals surface area contributed by atoms with Crippen LogP contribution < -0.4 is 0 Å². The maximum Gasteiger partial charge on any atom is 0.0700 e. The molecule has 3 nitrogen and oxygen atoms in total. The molecule has 1 saturated heterocycles. The normalized spacial score (nSPS) is 26.7. The molecule has 1 atom stereocenters. The molecule has 5 rings (SSSR count). The van der Waals surface area contributed by atoms with Crippen LogP contribution >= 0.6 is 0 Å². The summed E-state index contributed by atoms with van der Waals surface area (Å²) in [4.78, 5) is 7.56. The van der Waals surface area contributed by atoms with Crippen molar-refractivity contribution in [3.05, 3.63) is 46.9 Å². The van der Waals surface area contributed by atoms with Crippen molar-refractivity contribution >= 4 is 17.5 Å². The molecule has 25 heavy (non-hydrogen) atoms. The van der Waals surface area contributed by atoms with E-state index in [1.54, 1.807) is 0 Å². The predicted octanol–water partition coefficient (Wildman–Crippen LogP) is 4.38. The molecule has 1 aromatic rings. The molecule has 2 aliphatic heterocycles. The number of fused-ring (bicyclic) bond motifs is 1. The lowest BCUT2D eigenvalue weighted by Gasteiger charge is -2.36. The lowest BCUT2D eigenvalue weighted by molar-refractivity contribution is 0.184. The standard InChI is InChI=1S/C22H27N3/c1-15-6-7-19(16-8-11-24(2)12-9-16)20-21(15)25-13-10-17-4-3-5-18(14-23-20)22(17)25/h5-6,10,13-14,16,19H,3-4,7-9,11-12H2,1-2H3. The third kappa shape index (κ3) is 2.40. The first-order valence-corrected chi connectivity index (χ1v) is 9.77. The second-order valence-corrected chi connectivity index (χ2v) is 8.12. The van der Waals surface area contributed by atoms with Gasteiger partial charge in [0.05, 0.1) is 17.1 Å². The third-order valence-electron chi connectivity index (χ3n) is 6.58. The summed E-state index contributed by atoms with van der Waals surface area (Å²) < 4.78 is 2.44. The van der Waals surface area contributed by atoms with Gasteiger partial charge in [0.1, 0.15) is 0 Å². The van der Waals surface area contributed by atoms with E-state index < -0.39 is 0 Å². The molecule has 4 aliphatic rings. The van der Waals surface area contributed by atoms with Crippen LogP contribution in [-0.2, 0) is 6.42 Å². The van der Waals surface area contributed by atoms with Crippen molar-refractivity contribution in [1.29, 1.82) is 0 Å². The summed E-state index contributed by atoms with van der Waals surface area (Å²) in [7, 11) is 2.25. The zero-order valence-corrected chi connectivity index (χ0v) is 15.3. The number of nitrogens with zero attached hydrogens (tertiary/aromatic N) is 3. The zero-order chi connectivity index (χ0) is 17.0. The van der Waals surface area contributed by atoms with Gasteiger partial charge < -0.3 is 9.47 Å². The SMILES string of the molecule is CC1=CCC(C2CCN(C)CC2)C2=C1n1ccc3c1C(=CCC3)C=N2. The van der Waals surface area contributed by atoms with Crippen molar-refractivity contribution in [2.45, 2.75) is 39.0 Å². The van der Waals surface area contributed by atoms with Gasteiger partial charge in [-0.15, -0.1) is 0 Å². The van der Waals surface area contributed by atoms with Crippen molar-refractivity contribution in [1.82, 2.24) is 9.47 Å². The summed E-state index contributed by atoms with van der Waals surface area (Å²) in [5.41, 5.74) is 8.27. The summed E-state index contributed by atoms with van der Waals surface area (Å²) >= 11 is 0. The molecule has 3 heterocycles. The fourth-order valence-electron chi connectivity index (χ4n) is 5.12. The van der Waals surface area contributed by atoms with Gasteiger partial charge >= 0.3 is 0 Å². The Balaban J connectivity index is 1.62. The van der Waals surface area contributed by atoms with Crippen LogP contribution in [0.2, 0.25) is 0 Å². The minimum absolute atomic E-state index is 0.572. The summed E-state index contributed by atoms with van der Waals surface area (Å²) in [6, 6.07) is 2.32. The first-order chi connectivity index (χ1) is 12.2. The Hall–Kier alpha value is -1.87. The average molecular weight is 333 g/mol. The van der Waals surface area contributed by atoms with Gasteiger partial charge in [-0.1, -0.05) is 12.2 Å². The van der Waals surface area contributed by atoms with Gasteiger partial charge in [0.25, 0.3) is 0 Å². The van der Waals surface area contributed by atoms with Crippen LogP contribution in [0.5, 0.6) is 0 Å². The number of hydrogen-bond acceptors (Lipinski definition) is 2. The Kier molecular flexibility index (Phi) is 3.60. The van der Waals surface area contributed by atoms with Gasteiger partial charge in [-0.05, 0) is 82.3 Å². The van der Waals surface area contributed by atoms with Gasteiger partial charge in [-0.2, -0.15) is 0 Å². The van der Waals surface area contributed by atoms with Gasteiger partial charge in [-0.3, -0.25) is 4.99 Å². The molecule has 0 radical (unpaired) electrons. The quantitative estimate of drug-likeness (QED) is 0.747.